The van der Waals surface area contributed by atoms with Crippen LogP contribution in [0.3, 0.4) is 0 Å². The lowest BCUT2D eigenvalue weighted by Gasteiger charge is -2.23. The summed E-state index contributed by atoms with van der Waals surface area (Å²) in [7, 11) is 2.10. The number of hydrogen-bond donors (Lipinski definition) is 1. The van der Waals surface area contributed by atoms with E-state index in [1.165, 1.54) is 18.4 Å². The van der Waals surface area contributed by atoms with E-state index >= 15 is 0 Å². The Morgan fingerprint density at radius 3 is 2.86 bits per heavy atom. The molecule has 21 heavy (non-hydrogen) atoms. The van der Waals surface area contributed by atoms with Crippen molar-refractivity contribution in [3.05, 3.63) is 30.1 Å². The summed E-state index contributed by atoms with van der Waals surface area (Å²) in [6.07, 6.45) is 4.21. The highest BCUT2D eigenvalue weighted by Crippen LogP contribution is 2.39. The normalized spacial score (nSPS) is 27.3. The van der Waals surface area contributed by atoms with Gasteiger partial charge in [-0.25, -0.2) is 4.98 Å². The Morgan fingerprint density at radius 2 is 2.10 bits per heavy atom. The molecule has 4 nitrogen and oxygen atoms in total. The molecule has 2 fully saturated rings. The maximum atomic E-state index is 5.93. The highest BCUT2D eigenvalue weighted by molar-refractivity contribution is 5.75. The summed E-state index contributed by atoms with van der Waals surface area (Å²) < 4.78 is 8.13. The van der Waals surface area contributed by atoms with Crippen molar-refractivity contribution in [3.8, 4) is 0 Å². The van der Waals surface area contributed by atoms with Gasteiger partial charge in [-0.3, -0.25) is 0 Å². The zero-order valence-corrected chi connectivity index (χ0v) is 12.7. The molecule has 1 N–H and O–H groups in total. The van der Waals surface area contributed by atoms with E-state index in [9.17, 15) is 0 Å². The number of rotatable bonds is 4. The van der Waals surface area contributed by atoms with Crippen LogP contribution in [-0.2, 0) is 11.8 Å². The zero-order chi connectivity index (χ0) is 14.4. The Labute approximate surface area is 125 Å². The molecule has 2 heterocycles. The summed E-state index contributed by atoms with van der Waals surface area (Å²) in [6, 6.07) is 9.05. The third kappa shape index (κ3) is 2.36. The quantitative estimate of drug-likeness (QED) is 0.939. The molecular formula is C17H23N3O. The molecule has 3 atom stereocenters. The highest BCUT2D eigenvalue weighted by Gasteiger charge is 2.41. The fraction of sp³-hybridized carbons (Fsp3) is 0.588. The van der Waals surface area contributed by atoms with Crippen LogP contribution in [0.1, 0.15) is 38.1 Å². The van der Waals surface area contributed by atoms with Crippen LogP contribution < -0.4 is 5.32 Å². The van der Waals surface area contributed by atoms with E-state index in [0.29, 0.717) is 12.1 Å². The number of fused-ring (bicyclic) bond motifs is 1. The Hall–Kier alpha value is -1.39. The second-order valence-electron chi connectivity index (χ2n) is 6.47. The van der Waals surface area contributed by atoms with Crippen molar-refractivity contribution in [2.75, 3.05) is 6.61 Å². The van der Waals surface area contributed by atoms with Gasteiger partial charge in [-0.1, -0.05) is 12.1 Å². The molecule has 2 aromatic rings. The Morgan fingerprint density at radius 1 is 1.29 bits per heavy atom. The number of benzene rings is 1. The van der Waals surface area contributed by atoms with Crippen molar-refractivity contribution >= 4 is 11.0 Å². The number of imidazole rings is 1. The minimum Gasteiger partial charge on any atom is -0.376 e. The van der Waals surface area contributed by atoms with Crippen LogP contribution in [0.4, 0.5) is 0 Å². The van der Waals surface area contributed by atoms with E-state index in [1.54, 1.807) is 0 Å². The van der Waals surface area contributed by atoms with Crippen molar-refractivity contribution in [2.45, 2.75) is 44.4 Å². The fourth-order valence-corrected chi connectivity index (χ4v) is 3.63. The van der Waals surface area contributed by atoms with Gasteiger partial charge in [0.1, 0.15) is 5.82 Å². The number of ether oxygens (including phenoxy) is 1. The van der Waals surface area contributed by atoms with Crippen molar-refractivity contribution in [2.24, 2.45) is 13.0 Å². The van der Waals surface area contributed by atoms with Crippen LogP contribution in [0.2, 0.25) is 0 Å². The second-order valence-corrected chi connectivity index (χ2v) is 6.47. The van der Waals surface area contributed by atoms with Gasteiger partial charge in [0, 0.05) is 19.7 Å². The van der Waals surface area contributed by atoms with Crippen molar-refractivity contribution in [1.29, 1.82) is 0 Å². The molecule has 2 aliphatic rings. The lowest BCUT2D eigenvalue weighted by atomic mass is 10.1. The molecule has 1 saturated heterocycles. The van der Waals surface area contributed by atoms with Crippen LogP contribution in [0.5, 0.6) is 0 Å². The first kappa shape index (κ1) is 13.3. The molecule has 4 heteroatoms. The van der Waals surface area contributed by atoms with Gasteiger partial charge in [0.25, 0.3) is 0 Å². The third-order valence-corrected chi connectivity index (χ3v) is 4.90. The van der Waals surface area contributed by atoms with Gasteiger partial charge in [-0.15, -0.1) is 0 Å². The third-order valence-electron chi connectivity index (χ3n) is 4.90. The summed E-state index contributed by atoms with van der Waals surface area (Å²) in [4.78, 5) is 4.80. The monoisotopic (exact) mass is 285 g/mol. The average molecular weight is 285 g/mol. The first-order valence-corrected chi connectivity index (χ1v) is 8.03. The minimum atomic E-state index is 0.246. The Balaban J connectivity index is 1.55. The first-order valence-electron chi connectivity index (χ1n) is 8.03. The molecule has 1 aliphatic heterocycles. The van der Waals surface area contributed by atoms with Gasteiger partial charge < -0.3 is 14.6 Å². The van der Waals surface area contributed by atoms with Crippen LogP contribution >= 0.6 is 0 Å². The molecule has 1 saturated carbocycles. The summed E-state index contributed by atoms with van der Waals surface area (Å²) in [6.45, 7) is 3.11. The molecule has 0 spiro atoms. The molecule has 0 amide bonds. The Bertz CT molecular complexity index is 647. The largest absolute Gasteiger partial charge is 0.376 e. The number of aryl methyl sites for hydroxylation is 1. The summed E-state index contributed by atoms with van der Waals surface area (Å²) in [5, 5.41) is 3.76. The van der Waals surface area contributed by atoms with Crippen LogP contribution in [0.15, 0.2) is 24.3 Å². The standard InChI is InChI=1S/C17H23N3O/c1-11(18-14-9-10-21-16(14)12-7-8-12)17-19-13-5-3-4-6-15(13)20(17)2/h3-6,11-12,14,16,18H,7-10H2,1-2H3. The van der Waals surface area contributed by atoms with E-state index in [2.05, 4.69) is 42.1 Å². The van der Waals surface area contributed by atoms with E-state index in [-0.39, 0.29) is 6.04 Å². The lowest BCUT2D eigenvalue weighted by molar-refractivity contribution is 0.0790. The van der Waals surface area contributed by atoms with Crippen molar-refractivity contribution in [1.82, 2.24) is 14.9 Å². The van der Waals surface area contributed by atoms with Gasteiger partial charge in [-0.05, 0) is 44.2 Å². The Kier molecular flexibility index (Phi) is 3.23. The lowest BCUT2D eigenvalue weighted by Crippen LogP contribution is -2.39. The molecule has 1 aliphatic carbocycles. The smallest absolute Gasteiger partial charge is 0.126 e. The SMILES string of the molecule is CC(NC1CCOC1C1CC1)c1nc2ccccc2n1C. The van der Waals surface area contributed by atoms with Gasteiger partial charge in [0.05, 0.1) is 23.2 Å². The van der Waals surface area contributed by atoms with E-state index in [0.717, 1.165) is 30.3 Å². The summed E-state index contributed by atoms with van der Waals surface area (Å²) >= 11 is 0. The van der Waals surface area contributed by atoms with Crippen LogP contribution in [-0.4, -0.2) is 28.3 Å². The van der Waals surface area contributed by atoms with Gasteiger partial charge in [0.2, 0.25) is 0 Å². The molecule has 1 aromatic carbocycles. The molecule has 0 bridgehead atoms. The number of hydrogen-bond acceptors (Lipinski definition) is 3. The molecule has 0 radical (unpaired) electrons. The minimum absolute atomic E-state index is 0.246. The molecular weight excluding hydrogens is 262 g/mol. The van der Waals surface area contributed by atoms with E-state index in [1.807, 2.05) is 6.07 Å². The maximum Gasteiger partial charge on any atom is 0.126 e. The zero-order valence-electron chi connectivity index (χ0n) is 12.7. The van der Waals surface area contributed by atoms with Crippen LogP contribution in [0.25, 0.3) is 11.0 Å². The molecule has 112 valence electrons. The predicted octanol–water partition coefficient (Wildman–Crippen LogP) is 2.79. The number of aromatic nitrogens is 2. The number of para-hydroxylation sites is 2. The van der Waals surface area contributed by atoms with Crippen molar-refractivity contribution < 1.29 is 4.74 Å². The number of nitrogens with one attached hydrogen (secondary N) is 1. The van der Waals surface area contributed by atoms with Gasteiger partial charge in [0.15, 0.2) is 0 Å². The molecule has 1 aromatic heterocycles. The molecule has 4 rings (SSSR count). The topological polar surface area (TPSA) is 39.1 Å². The average Bonchev–Trinajstić information content (AvgIpc) is 3.15. The second kappa shape index (κ2) is 5.11. The predicted molar refractivity (Wildman–Crippen MR) is 83.1 cm³/mol. The van der Waals surface area contributed by atoms with Gasteiger partial charge in [-0.2, -0.15) is 0 Å². The summed E-state index contributed by atoms with van der Waals surface area (Å²) in [5.74, 6) is 1.90. The molecule has 3 unspecified atom stereocenters. The fourth-order valence-electron chi connectivity index (χ4n) is 3.63. The van der Waals surface area contributed by atoms with E-state index in [4.69, 9.17) is 9.72 Å². The number of nitrogens with zero attached hydrogens (tertiary/aromatic N) is 2. The van der Waals surface area contributed by atoms with E-state index < -0.39 is 0 Å². The first-order chi connectivity index (χ1) is 10.2. The maximum absolute atomic E-state index is 5.93. The van der Waals surface area contributed by atoms with Crippen LogP contribution in [0, 0.1) is 5.92 Å². The summed E-state index contributed by atoms with van der Waals surface area (Å²) in [5.41, 5.74) is 2.27. The van der Waals surface area contributed by atoms with Crippen molar-refractivity contribution in [3.63, 3.8) is 0 Å². The highest BCUT2D eigenvalue weighted by atomic mass is 16.5. The van der Waals surface area contributed by atoms with Gasteiger partial charge >= 0.3 is 0 Å².